The Morgan fingerprint density at radius 1 is 0.739 bits per heavy atom. The summed E-state index contributed by atoms with van der Waals surface area (Å²) in [4.78, 5) is 29.5. The summed E-state index contributed by atoms with van der Waals surface area (Å²) in [5, 5.41) is 0.850. The zero-order valence-electron chi connectivity index (χ0n) is 12.6. The zero-order valence-corrected chi connectivity index (χ0v) is 12.6. The summed E-state index contributed by atoms with van der Waals surface area (Å²) in [5.41, 5.74) is 0.787. The number of hydrogen-bond donors (Lipinski definition) is 0. The van der Waals surface area contributed by atoms with Gasteiger partial charge in [-0.15, -0.1) is 5.06 Å². The maximum Gasteiger partial charge on any atom is 0.285 e. The second-order valence-electron chi connectivity index (χ2n) is 5.15. The fourth-order valence-electron chi connectivity index (χ4n) is 2.35. The largest absolute Gasteiger partial charge is 0.494 e. The normalized spacial score (nSPS) is 13.3. The van der Waals surface area contributed by atoms with Crippen LogP contribution in [0.1, 0.15) is 33.6 Å². The Labute approximate surface area is 134 Å². The van der Waals surface area contributed by atoms with Gasteiger partial charge in [0.25, 0.3) is 11.8 Å². The molecule has 0 unspecified atom stereocenters. The van der Waals surface area contributed by atoms with E-state index < -0.39 is 11.8 Å². The molecule has 2 aromatic carbocycles. The highest BCUT2D eigenvalue weighted by Crippen LogP contribution is 2.22. The number of carbonyl (C=O) groups excluding carboxylic acids is 2. The van der Waals surface area contributed by atoms with Crippen LogP contribution in [0.25, 0.3) is 0 Å². The van der Waals surface area contributed by atoms with Gasteiger partial charge in [0.1, 0.15) is 5.75 Å². The minimum atomic E-state index is -0.397. The second kappa shape index (κ2) is 7.07. The molecule has 0 N–H and O–H groups in total. The molecule has 1 aliphatic heterocycles. The maximum absolute atomic E-state index is 12.1. The highest BCUT2D eigenvalue weighted by molar-refractivity contribution is 6.20. The number of unbranched alkanes of at least 4 members (excludes halogenated alkanes) is 1. The number of fused-ring (bicyclic) bond motifs is 1. The van der Waals surface area contributed by atoms with E-state index in [0.29, 0.717) is 30.8 Å². The molecule has 5 nitrogen and oxygen atoms in total. The number of ether oxygens (including phenoxy) is 1. The first-order valence-corrected chi connectivity index (χ1v) is 7.56. The van der Waals surface area contributed by atoms with E-state index in [9.17, 15) is 9.59 Å². The third kappa shape index (κ3) is 3.40. The van der Waals surface area contributed by atoms with Gasteiger partial charge < -0.3 is 4.74 Å². The minimum absolute atomic E-state index is 0.295. The lowest BCUT2D eigenvalue weighted by atomic mass is 10.1. The van der Waals surface area contributed by atoms with Crippen molar-refractivity contribution in [2.24, 2.45) is 0 Å². The van der Waals surface area contributed by atoms with Gasteiger partial charge in [-0.3, -0.25) is 14.4 Å². The molecule has 1 aliphatic rings. The van der Waals surface area contributed by atoms with Crippen LogP contribution in [0.2, 0.25) is 0 Å². The number of nitrogens with zero attached hydrogens (tertiary/aromatic N) is 1. The molecule has 3 rings (SSSR count). The topological polar surface area (TPSA) is 55.8 Å². The number of carbonyl (C=O) groups is 2. The van der Waals surface area contributed by atoms with Crippen LogP contribution in [-0.2, 0) is 4.84 Å². The molecule has 23 heavy (non-hydrogen) atoms. The molecule has 0 bridgehead atoms. The summed E-state index contributed by atoms with van der Waals surface area (Å²) in [6.45, 7) is 0.860. The quantitative estimate of drug-likeness (QED) is 0.582. The van der Waals surface area contributed by atoms with E-state index >= 15 is 0 Å². The summed E-state index contributed by atoms with van der Waals surface area (Å²) < 4.78 is 5.57. The highest BCUT2D eigenvalue weighted by atomic mass is 16.7. The predicted octanol–water partition coefficient (Wildman–Crippen LogP) is 3.07. The van der Waals surface area contributed by atoms with Gasteiger partial charge in [0, 0.05) is 0 Å². The fraction of sp³-hybridized carbons (Fsp3) is 0.222. The van der Waals surface area contributed by atoms with E-state index in [1.54, 1.807) is 24.3 Å². The first-order valence-electron chi connectivity index (χ1n) is 7.56. The molecule has 1 heterocycles. The molecule has 0 spiro atoms. The number of rotatable bonds is 7. The molecule has 0 radical (unpaired) electrons. The van der Waals surface area contributed by atoms with Gasteiger partial charge >= 0.3 is 0 Å². The van der Waals surface area contributed by atoms with Gasteiger partial charge in [-0.2, -0.15) is 0 Å². The number of para-hydroxylation sites is 1. The monoisotopic (exact) mass is 311 g/mol. The summed E-state index contributed by atoms with van der Waals surface area (Å²) in [7, 11) is 0. The molecule has 0 atom stereocenters. The van der Waals surface area contributed by atoms with E-state index in [1.807, 2.05) is 30.3 Å². The maximum atomic E-state index is 12.1. The molecule has 2 aromatic rings. The average molecular weight is 311 g/mol. The molecule has 118 valence electrons. The molecule has 0 saturated carbocycles. The van der Waals surface area contributed by atoms with Crippen molar-refractivity contribution in [2.45, 2.75) is 12.8 Å². The average Bonchev–Trinajstić information content (AvgIpc) is 2.84. The SMILES string of the molecule is O=C1c2ccccc2C(=O)N1OCCCCOc1ccccc1. The fourth-order valence-corrected chi connectivity index (χ4v) is 2.35. The number of amides is 2. The van der Waals surface area contributed by atoms with Crippen molar-refractivity contribution in [3.8, 4) is 5.75 Å². The van der Waals surface area contributed by atoms with E-state index in [-0.39, 0.29) is 0 Å². The Morgan fingerprint density at radius 3 is 1.96 bits per heavy atom. The van der Waals surface area contributed by atoms with Gasteiger partial charge in [0.15, 0.2) is 0 Å². The number of benzene rings is 2. The van der Waals surface area contributed by atoms with Crippen LogP contribution in [-0.4, -0.2) is 30.1 Å². The standard InChI is InChI=1S/C18H17NO4/c20-17-15-10-4-5-11-16(15)18(21)19(17)23-13-7-6-12-22-14-8-2-1-3-9-14/h1-5,8-11H,6-7,12-13H2. The summed E-state index contributed by atoms with van der Waals surface area (Å²) in [6, 6.07) is 16.3. The smallest absolute Gasteiger partial charge is 0.285 e. The molecule has 0 aliphatic carbocycles. The first kappa shape index (κ1) is 15.2. The van der Waals surface area contributed by atoms with Crippen LogP contribution in [0.3, 0.4) is 0 Å². The van der Waals surface area contributed by atoms with Crippen LogP contribution in [0.15, 0.2) is 54.6 Å². The first-order chi connectivity index (χ1) is 11.3. The van der Waals surface area contributed by atoms with Crippen LogP contribution in [0.4, 0.5) is 0 Å². The van der Waals surface area contributed by atoms with Crippen LogP contribution in [0, 0.1) is 0 Å². The molecule has 5 heteroatoms. The van der Waals surface area contributed by atoms with E-state index in [0.717, 1.165) is 17.2 Å². The Bertz CT molecular complexity index is 664. The van der Waals surface area contributed by atoms with Crippen molar-refractivity contribution in [2.75, 3.05) is 13.2 Å². The molecule has 0 aromatic heterocycles. The van der Waals surface area contributed by atoms with Gasteiger partial charge in [-0.1, -0.05) is 30.3 Å². The van der Waals surface area contributed by atoms with Gasteiger partial charge in [0.05, 0.1) is 24.3 Å². The van der Waals surface area contributed by atoms with Crippen molar-refractivity contribution >= 4 is 11.8 Å². The molecule has 2 amide bonds. The number of imide groups is 1. The van der Waals surface area contributed by atoms with Gasteiger partial charge in [-0.05, 0) is 37.1 Å². The minimum Gasteiger partial charge on any atom is -0.494 e. The third-order valence-electron chi connectivity index (χ3n) is 3.53. The Balaban J connectivity index is 1.40. The van der Waals surface area contributed by atoms with E-state index in [2.05, 4.69) is 0 Å². The highest BCUT2D eigenvalue weighted by Gasteiger charge is 2.36. The lowest BCUT2D eigenvalue weighted by Gasteiger charge is -2.13. The number of hydroxylamine groups is 2. The van der Waals surface area contributed by atoms with Crippen LogP contribution >= 0.6 is 0 Å². The van der Waals surface area contributed by atoms with Crippen molar-refractivity contribution in [3.05, 3.63) is 65.7 Å². The van der Waals surface area contributed by atoms with Gasteiger partial charge in [-0.25, -0.2) is 0 Å². The lowest BCUT2D eigenvalue weighted by Crippen LogP contribution is -2.30. The second-order valence-corrected chi connectivity index (χ2v) is 5.15. The van der Waals surface area contributed by atoms with Crippen molar-refractivity contribution in [1.29, 1.82) is 0 Å². The molecule has 0 saturated heterocycles. The van der Waals surface area contributed by atoms with Crippen molar-refractivity contribution in [1.82, 2.24) is 5.06 Å². The van der Waals surface area contributed by atoms with Crippen LogP contribution in [0.5, 0.6) is 5.75 Å². The van der Waals surface area contributed by atoms with E-state index in [1.165, 1.54) is 0 Å². The van der Waals surface area contributed by atoms with Crippen molar-refractivity contribution < 1.29 is 19.2 Å². The van der Waals surface area contributed by atoms with E-state index in [4.69, 9.17) is 9.57 Å². The predicted molar refractivity (Wildman–Crippen MR) is 84.1 cm³/mol. The van der Waals surface area contributed by atoms with Gasteiger partial charge in [0.2, 0.25) is 0 Å². The Kier molecular flexibility index (Phi) is 4.68. The zero-order chi connectivity index (χ0) is 16.1. The van der Waals surface area contributed by atoms with Crippen LogP contribution < -0.4 is 4.74 Å². The molecule has 0 fully saturated rings. The Morgan fingerprint density at radius 2 is 1.30 bits per heavy atom. The molecular weight excluding hydrogens is 294 g/mol. The van der Waals surface area contributed by atoms with Crippen molar-refractivity contribution in [3.63, 3.8) is 0 Å². The third-order valence-corrected chi connectivity index (χ3v) is 3.53. The number of hydrogen-bond acceptors (Lipinski definition) is 4. The lowest BCUT2D eigenvalue weighted by molar-refractivity contribution is -0.0925. The summed E-state index contributed by atoms with van der Waals surface area (Å²) >= 11 is 0. The Hall–Kier alpha value is -2.66. The summed E-state index contributed by atoms with van der Waals surface area (Å²) in [6.07, 6.45) is 1.47. The molecular formula is C18H17NO4. The summed E-state index contributed by atoms with van der Waals surface area (Å²) in [5.74, 6) is 0.0334.